The van der Waals surface area contributed by atoms with Crippen LogP contribution in [-0.2, 0) is 0 Å². The number of aliphatic hydroxyl groups is 1. The van der Waals surface area contributed by atoms with Crippen molar-refractivity contribution in [1.29, 1.82) is 0 Å². The lowest BCUT2D eigenvalue weighted by Crippen LogP contribution is -2.13. The molecule has 0 radical (unpaired) electrons. The fraction of sp³-hybridized carbons (Fsp3) is 0.375. The molecule has 0 saturated carbocycles. The van der Waals surface area contributed by atoms with Crippen LogP contribution in [0.3, 0.4) is 0 Å². The third-order valence-electron chi connectivity index (χ3n) is 3.74. The van der Waals surface area contributed by atoms with E-state index in [9.17, 15) is 5.11 Å². The van der Waals surface area contributed by atoms with Crippen LogP contribution in [0.5, 0.6) is 0 Å². The number of aliphatic hydroxyl groups excluding tert-OH is 1. The Morgan fingerprint density at radius 1 is 1.28 bits per heavy atom. The van der Waals surface area contributed by atoms with Crippen molar-refractivity contribution in [2.75, 3.05) is 0 Å². The van der Waals surface area contributed by atoms with E-state index in [-0.39, 0.29) is 5.92 Å². The molecule has 0 spiro atoms. The predicted octanol–water partition coefficient (Wildman–Crippen LogP) is 4.13. The van der Waals surface area contributed by atoms with Gasteiger partial charge in [0.1, 0.15) is 17.4 Å². The standard InChI is InChI=1S/C16H18O2/c1-11-7-8-14-13(9-11)10-15(18-14)16(17)12-5-3-2-4-6-12/h2-3,7-10,12,16-17H,4-6H2,1H3. The van der Waals surface area contributed by atoms with Crippen molar-refractivity contribution in [3.63, 3.8) is 0 Å². The van der Waals surface area contributed by atoms with Crippen molar-refractivity contribution in [1.82, 2.24) is 0 Å². The summed E-state index contributed by atoms with van der Waals surface area (Å²) in [6.07, 6.45) is 6.89. The topological polar surface area (TPSA) is 33.4 Å². The molecule has 0 aliphatic heterocycles. The van der Waals surface area contributed by atoms with Crippen LogP contribution in [0.1, 0.15) is 36.7 Å². The van der Waals surface area contributed by atoms with Gasteiger partial charge in [-0.3, -0.25) is 0 Å². The summed E-state index contributed by atoms with van der Waals surface area (Å²) in [5, 5.41) is 11.5. The summed E-state index contributed by atoms with van der Waals surface area (Å²) in [7, 11) is 0. The molecule has 0 amide bonds. The summed E-state index contributed by atoms with van der Waals surface area (Å²) in [5.41, 5.74) is 2.07. The highest BCUT2D eigenvalue weighted by molar-refractivity contribution is 5.78. The number of furan rings is 1. The van der Waals surface area contributed by atoms with E-state index in [1.807, 2.05) is 18.2 Å². The van der Waals surface area contributed by atoms with Crippen LogP contribution in [0.4, 0.5) is 0 Å². The highest BCUT2D eigenvalue weighted by atomic mass is 16.4. The van der Waals surface area contributed by atoms with Crippen molar-refractivity contribution in [2.45, 2.75) is 32.3 Å². The predicted molar refractivity (Wildman–Crippen MR) is 72.4 cm³/mol. The van der Waals surface area contributed by atoms with Gasteiger partial charge >= 0.3 is 0 Å². The highest BCUT2D eigenvalue weighted by Crippen LogP contribution is 2.34. The van der Waals surface area contributed by atoms with Gasteiger partial charge in [0.05, 0.1) is 0 Å². The minimum Gasteiger partial charge on any atom is -0.458 e. The number of hydrogen-bond donors (Lipinski definition) is 1. The summed E-state index contributed by atoms with van der Waals surface area (Å²) in [4.78, 5) is 0. The first-order chi connectivity index (χ1) is 8.74. The van der Waals surface area contributed by atoms with Gasteiger partial charge in [-0.25, -0.2) is 0 Å². The lowest BCUT2D eigenvalue weighted by molar-refractivity contribution is 0.0824. The number of benzene rings is 1. The average molecular weight is 242 g/mol. The van der Waals surface area contributed by atoms with Crippen LogP contribution >= 0.6 is 0 Å². The van der Waals surface area contributed by atoms with Gasteiger partial charge in [-0.05, 0) is 50.3 Å². The summed E-state index contributed by atoms with van der Waals surface area (Å²) < 4.78 is 5.76. The Bertz CT molecular complexity index is 580. The quantitative estimate of drug-likeness (QED) is 0.803. The van der Waals surface area contributed by atoms with Crippen molar-refractivity contribution in [2.24, 2.45) is 5.92 Å². The number of rotatable bonds is 2. The van der Waals surface area contributed by atoms with E-state index in [0.717, 1.165) is 30.2 Å². The number of fused-ring (bicyclic) bond motifs is 1. The number of aryl methyl sites for hydroxylation is 1. The van der Waals surface area contributed by atoms with Crippen molar-refractivity contribution in [3.05, 3.63) is 47.7 Å². The molecule has 1 aromatic carbocycles. The molecule has 3 rings (SSSR count). The number of hydrogen-bond acceptors (Lipinski definition) is 2. The van der Waals surface area contributed by atoms with Crippen molar-refractivity contribution in [3.8, 4) is 0 Å². The molecule has 1 N–H and O–H groups in total. The van der Waals surface area contributed by atoms with Crippen LogP contribution in [0.15, 0.2) is 40.8 Å². The Morgan fingerprint density at radius 2 is 2.17 bits per heavy atom. The maximum Gasteiger partial charge on any atom is 0.134 e. The molecule has 0 bridgehead atoms. The summed E-state index contributed by atoms with van der Waals surface area (Å²) in [6, 6.07) is 8.08. The van der Waals surface area contributed by atoms with Crippen LogP contribution in [0, 0.1) is 12.8 Å². The normalized spacial score (nSPS) is 21.3. The fourth-order valence-corrected chi connectivity index (χ4v) is 2.67. The second-order valence-corrected chi connectivity index (χ2v) is 5.18. The van der Waals surface area contributed by atoms with Gasteiger partial charge in [-0.2, -0.15) is 0 Å². The van der Waals surface area contributed by atoms with Gasteiger partial charge < -0.3 is 9.52 Å². The van der Waals surface area contributed by atoms with E-state index >= 15 is 0 Å². The molecule has 2 aromatic rings. The second-order valence-electron chi connectivity index (χ2n) is 5.18. The van der Waals surface area contributed by atoms with Gasteiger partial charge in [-0.15, -0.1) is 0 Å². The Hall–Kier alpha value is -1.54. The minimum atomic E-state index is -0.484. The molecule has 94 valence electrons. The Morgan fingerprint density at radius 3 is 2.94 bits per heavy atom. The lowest BCUT2D eigenvalue weighted by Gasteiger charge is -2.21. The van der Waals surface area contributed by atoms with Crippen molar-refractivity contribution < 1.29 is 9.52 Å². The maximum absolute atomic E-state index is 10.4. The Balaban J connectivity index is 1.91. The van der Waals surface area contributed by atoms with E-state index in [2.05, 4.69) is 25.1 Å². The molecule has 0 saturated heterocycles. The van der Waals surface area contributed by atoms with Crippen LogP contribution in [-0.4, -0.2) is 5.11 Å². The Labute approximate surface area is 107 Å². The summed E-state index contributed by atoms with van der Waals surface area (Å²) in [5.74, 6) is 0.993. The van der Waals surface area contributed by atoms with Crippen LogP contribution in [0.2, 0.25) is 0 Å². The molecule has 18 heavy (non-hydrogen) atoms. The second kappa shape index (κ2) is 4.62. The van der Waals surface area contributed by atoms with Crippen molar-refractivity contribution >= 4 is 11.0 Å². The molecule has 2 heteroatoms. The van der Waals surface area contributed by atoms with Gasteiger partial charge in [0.15, 0.2) is 0 Å². The average Bonchev–Trinajstić information content (AvgIpc) is 2.81. The zero-order valence-corrected chi connectivity index (χ0v) is 10.6. The number of allylic oxidation sites excluding steroid dienone is 2. The van der Waals surface area contributed by atoms with E-state index in [0.29, 0.717) is 5.76 Å². The van der Waals surface area contributed by atoms with Crippen LogP contribution < -0.4 is 0 Å². The summed E-state index contributed by atoms with van der Waals surface area (Å²) in [6.45, 7) is 2.06. The smallest absolute Gasteiger partial charge is 0.134 e. The largest absolute Gasteiger partial charge is 0.458 e. The van der Waals surface area contributed by atoms with Gasteiger partial charge in [-0.1, -0.05) is 23.8 Å². The first-order valence-electron chi connectivity index (χ1n) is 6.57. The van der Waals surface area contributed by atoms with E-state index in [1.165, 1.54) is 5.56 Å². The third kappa shape index (κ3) is 2.08. The van der Waals surface area contributed by atoms with E-state index in [4.69, 9.17) is 4.42 Å². The molecule has 2 nitrogen and oxygen atoms in total. The van der Waals surface area contributed by atoms with E-state index < -0.39 is 6.10 Å². The Kier molecular flexibility index (Phi) is 2.96. The van der Waals surface area contributed by atoms with E-state index in [1.54, 1.807) is 0 Å². The SMILES string of the molecule is Cc1ccc2oc(C(O)C3CC=CCC3)cc2c1. The first-order valence-corrected chi connectivity index (χ1v) is 6.57. The summed E-state index contributed by atoms with van der Waals surface area (Å²) >= 11 is 0. The molecule has 1 aromatic heterocycles. The van der Waals surface area contributed by atoms with Crippen LogP contribution in [0.25, 0.3) is 11.0 Å². The molecule has 1 heterocycles. The zero-order valence-electron chi connectivity index (χ0n) is 10.6. The molecule has 0 fully saturated rings. The lowest BCUT2D eigenvalue weighted by atomic mass is 9.88. The maximum atomic E-state index is 10.4. The third-order valence-corrected chi connectivity index (χ3v) is 3.74. The monoisotopic (exact) mass is 242 g/mol. The molecule has 2 atom stereocenters. The molecule has 1 aliphatic carbocycles. The fourth-order valence-electron chi connectivity index (χ4n) is 2.67. The molecule has 1 aliphatic rings. The molecular formula is C16H18O2. The van der Waals surface area contributed by atoms with Gasteiger partial charge in [0, 0.05) is 5.39 Å². The minimum absolute atomic E-state index is 0.289. The van der Waals surface area contributed by atoms with Gasteiger partial charge in [0.25, 0.3) is 0 Å². The first kappa shape index (κ1) is 11.5. The highest BCUT2D eigenvalue weighted by Gasteiger charge is 2.24. The zero-order chi connectivity index (χ0) is 12.5. The molecule has 2 unspecified atom stereocenters. The van der Waals surface area contributed by atoms with Gasteiger partial charge in [0.2, 0.25) is 0 Å². The molecular weight excluding hydrogens is 224 g/mol.